The van der Waals surface area contributed by atoms with Crippen molar-refractivity contribution in [3.05, 3.63) is 0 Å². The molecule has 0 bridgehead atoms. The maximum atomic E-state index is 3.86. The van der Waals surface area contributed by atoms with E-state index in [9.17, 15) is 0 Å². The lowest BCUT2D eigenvalue weighted by molar-refractivity contribution is 0.423. The minimum atomic E-state index is 0.826. The molecule has 1 rings (SSSR count). The highest BCUT2D eigenvalue weighted by Crippen LogP contribution is 2.32. The molecule has 0 nitrogen and oxygen atoms in total. The summed E-state index contributed by atoms with van der Waals surface area (Å²) in [6.07, 6.45) is 13.0. The van der Waals surface area contributed by atoms with Crippen molar-refractivity contribution >= 4 is 15.9 Å². The number of hydrogen-bond acceptors (Lipinski definition) is 0. The molecule has 1 aliphatic carbocycles. The minimum Gasteiger partial charge on any atom is -0.0888 e. The molecule has 0 spiro atoms. The Morgan fingerprint density at radius 2 is 1.85 bits per heavy atom. The summed E-state index contributed by atoms with van der Waals surface area (Å²) in [5.74, 6) is 0.981. The van der Waals surface area contributed by atoms with Crippen LogP contribution in [0, 0.1) is 5.92 Å². The molecule has 1 aliphatic rings. The Kier molecular flexibility index (Phi) is 6.10. The van der Waals surface area contributed by atoms with Crippen molar-refractivity contribution in [2.45, 2.75) is 69.5 Å². The van der Waals surface area contributed by atoms with Crippen LogP contribution in [-0.4, -0.2) is 4.83 Å². The maximum Gasteiger partial charge on any atom is 0.0174 e. The molecular weight excluding hydrogens is 224 g/mol. The highest BCUT2D eigenvalue weighted by Gasteiger charge is 2.20. The monoisotopic (exact) mass is 246 g/mol. The van der Waals surface area contributed by atoms with E-state index < -0.39 is 0 Å². The van der Waals surface area contributed by atoms with Crippen LogP contribution >= 0.6 is 15.9 Å². The van der Waals surface area contributed by atoms with Crippen LogP contribution < -0.4 is 0 Å². The molecule has 0 saturated heterocycles. The van der Waals surface area contributed by atoms with Gasteiger partial charge >= 0.3 is 0 Å². The molecule has 1 fully saturated rings. The summed E-state index contributed by atoms with van der Waals surface area (Å²) in [5.41, 5.74) is 0. The second-order valence-corrected chi connectivity index (χ2v) is 5.59. The van der Waals surface area contributed by atoms with E-state index in [1.807, 2.05) is 0 Å². The van der Waals surface area contributed by atoms with Crippen molar-refractivity contribution in [2.75, 3.05) is 0 Å². The van der Waals surface area contributed by atoms with Crippen LogP contribution in [0.4, 0.5) is 0 Å². The van der Waals surface area contributed by atoms with E-state index in [0.717, 1.165) is 10.7 Å². The zero-order valence-electron chi connectivity index (χ0n) is 8.90. The Morgan fingerprint density at radius 1 is 1.08 bits per heavy atom. The van der Waals surface area contributed by atoms with E-state index in [2.05, 4.69) is 22.9 Å². The molecule has 0 aromatic heterocycles. The van der Waals surface area contributed by atoms with Crippen molar-refractivity contribution in [1.29, 1.82) is 0 Å². The molecule has 0 amide bonds. The van der Waals surface area contributed by atoms with Gasteiger partial charge in [-0.3, -0.25) is 0 Å². The Bertz CT molecular complexity index is 122. The molecule has 0 radical (unpaired) electrons. The SMILES string of the molecule is CCCCCC1CCCCCC1Br. The number of unbranched alkanes of at least 4 members (excludes halogenated alkanes) is 2. The van der Waals surface area contributed by atoms with Crippen molar-refractivity contribution in [1.82, 2.24) is 0 Å². The third kappa shape index (κ3) is 4.49. The number of alkyl halides is 1. The molecular formula is C12H23Br. The first-order chi connectivity index (χ1) is 6.34. The third-order valence-electron chi connectivity index (χ3n) is 3.24. The Hall–Kier alpha value is 0.480. The fraction of sp³-hybridized carbons (Fsp3) is 1.00. The molecule has 1 heteroatoms. The van der Waals surface area contributed by atoms with Crippen LogP contribution in [0.25, 0.3) is 0 Å². The number of halogens is 1. The lowest BCUT2D eigenvalue weighted by atomic mass is 9.94. The molecule has 0 aromatic rings. The van der Waals surface area contributed by atoms with Crippen molar-refractivity contribution in [3.63, 3.8) is 0 Å². The lowest BCUT2D eigenvalue weighted by Gasteiger charge is -2.19. The highest BCUT2D eigenvalue weighted by atomic mass is 79.9. The van der Waals surface area contributed by atoms with E-state index in [-0.39, 0.29) is 0 Å². The first-order valence-corrected chi connectivity index (χ1v) is 6.90. The fourth-order valence-electron chi connectivity index (χ4n) is 2.32. The van der Waals surface area contributed by atoms with Gasteiger partial charge in [0.2, 0.25) is 0 Å². The van der Waals surface area contributed by atoms with E-state index in [0.29, 0.717) is 0 Å². The third-order valence-corrected chi connectivity index (χ3v) is 4.45. The van der Waals surface area contributed by atoms with Crippen molar-refractivity contribution < 1.29 is 0 Å². The molecule has 0 aromatic carbocycles. The predicted molar refractivity (Wildman–Crippen MR) is 63.4 cm³/mol. The largest absolute Gasteiger partial charge is 0.0888 e. The number of hydrogen-bond donors (Lipinski definition) is 0. The van der Waals surface area contributed by atoms with Crippen LogP contribution in [0.5, 0.6) is 0 Å². The first kappa shape index (κ1) is 11.6. The topological polar surface area (TPSA) is 0 Å². The van der Waals surface area contributed by atoms with Crippen LogP contribution in [0.2, 0.25) is 0 Å². The molecule has 1 saturated carbocycles. The minimum absolute atomic E-state index is 0.826. The molecule has 0 N–H and O–H groups in total. The predicted octanol–water partition coefficient (Wildman–Crippen LogP) is 4.91. The summed E-state index contributed by atoms with van der Waals surface area (Å²) >= 11 is 3.86. The van der Waals surface area contributed by atoms with Crippen LogP contribution in [0.15, 0.2) is 0 Å². The highest BCUT2D eigenvalue weighted by molar-refractivity contribution is 9.09. The summed E-state index contributed by atoms with van der Waals surface area (Å²) < 4.78 is 0. The summed E-state index contributed by atoms with van der Waals surface area (Å²) in [7, 11) is 0. The summed E-state index contributed by atoms with van der Waals surface area (Å²) in [6, 6.07) is 0. The van der Waals surface area contributed by atoms with E-state index >= 15 is 0 Å². The molecule has 78 valence electrons. The van der Waals surface area contributed by atoms with E-state index in [1.165, 1.54) is 57.8 Å². The maximum absolute atomic E-state index is 3.86. The Morgan fingerprint density at radius 3 is 2.62 bits per heavy atom. The molecule has 0 aliphatic heterocycles. The normalized spacial score (nSPS) is 30.0. The molecule has 2 atom stereocenters. The second kappa shape index (κ2) is 6.86. The van der Waals surface area contributed by atoms with Crippen LogP contribution in [0.1, 0.15) is 64.7 Å². The van der Waals surface area contributed by atoms with Gasteiger partial charge in [-0.15, -0.1) is 0 Å². The Labute approximate surface area is 91.6 Å². The zero-order valence-corrected chi connectivity index (χ0v) is 10.5. The fourth-order valence-corrected chi connectivity index (χ4v) is 3.17. The van der Waals surface area contributed by atoms with Gasteiger partial charge in [0, 0.05) is 4.83 Å². The van der Waals surface area contributed by atoms with Crippen LogP contribution in [0.3, 0.4) is 0 Å². The van der Waals surface area contributed by atoms with Crippen LogP contribution in [-0.2, 0) is 0 Å². The average molecular weight is 247 g/mol. The van der Waals surface area contributed by atoms with Crippen molar-refractivity contribution in [2.24, 2.45) is 5.92 Å². The van der Waals surface area contributed by atoms with Gasteiger partial charge in [-0.25, -0.2) is 0 Å². The first-order valence-electron chi connectivity index (χ1n) is 5.98. The van der Waals surface area contributed by atoms with Gasteiger partial charge in [0.05, 0.1) is 0 Å². The lowest BCUT2D eigenvalue weighted by Crippen LogP contribution is -2.12. The van der Waals surface area contributed by atoms with Gasteiger partial charge in [-0.2, -0.15) is 0 Å². The van der Waals surface area contributed by atoms with Gasteiger partial charge in [-0.05, 0) is 25.2 Å². The average Bonchev–Trinajstić information content (AvgIpc) is 2.32. The van der Waals surface area contributed by atoms with Gasteiger partial charge in [0.25, 0.3) is 0 Å². The number of rotatable bonds is 4. The van der Waals surface area contributed by atoms with E-state index in [1.54, 1.807) is 0 Å². The summed E-state index contributed by atoms with van der Waals surface area (Å²) in [6.45, 7) is 2.29. The smallest absolute Gasteiger partial charge is 0.0174 e. The summed E-state index contributed by atoms with van der Waals surface area (Å²) in [4.78, 5) is 0.826. The quantitative estimate of drug-likeness (QED) is 0.376. The molecule has 2 unspecified atom stereocenters. The van der Waals surface area contributed by atoms with Gasteiger partial charge in [0.15, 0.2) is 0 Å². The van der Waals surface area contributed by atoms with Crippen molar-refractivity contribution in [3.8, 4) is 0 Å². The molecule has 13 heavy (non-hydrogen) atoms. The van der Waals surface area contributed by atoms with Gasteiger partial charge in [-0.1, -0.05) is 61.4 Å². The zero-order chi connectivity index (χ0) is 9.52. The standard InChI is InChI=1S/C12H23Br/c1-2-3-5-8-11-9-6-4-7-10-12(11)13/h11-12H,2-10H2,1H3. The van der Waals surface area contributed by atoms with E-state index in [4.69, 9.17) is 0 Å². The molecule has 0 heterocycles. The Balaban J connectivity index is 2.19. The van der Waals surface area contributed by atoms with Gasteiger partial charge < -0.3 is 0 Å². The second-order valence-electron chi connectivity index (χ2n) is 4.41. The van der Waals surface area contributed by atoms with Gasteiger partial charge in [0.1, 0.15) is 0 Å². The summed E-state index contributed by atoms with van der Waals surface area (Å²) in [5, 5.41) is 0.